The number of nitrogens with zero attached hydrogens (tertiary/aromatic N) is 1. The number of amidine groups is 1. The van der Waals surface area contributed by atoms with Gasteiger partial charge in [0.05, 0.1) is 0 Å². The van der Waals surface area contributed by atoms with Crippen LogP contribution in [0.4, 0.5) is 0 Å². The van der Waals surface area contributed by atoms with Crippen molar-refractivity contribution in [3.8, 4) is 0 Å². The third kappa shape index (κ3) is 3.13. The minimum atomic E-state index is -0.911. The maximum absolute atomic E-state index is 12.3. The van der Waals surface area contributed by atoms with Gasteiger partial charge in [0, 0.05) is 7.11 Å². The molecule has 0 rings (SSSR count). The van der Waals surface area contributed by atoms with Crippen molar-refractivity contribution in [3.05, 3.63) is 0 Å². The molecule has 0 bridgehead atoms. The van der Waals surface area contributed by atoms with Crippen LogP contribution in [0.15, 0.2) is 5.16 Å². The Bertz CT molecular complexity index is 308. The number of nitrogens with one attached hydrogen (secondary N) is 1. The van der Waals surface area contributed by atoms with E-state index < -0.39 is 11.1 Å². The summed E-state index contributed by atoms with van der Waals surface area (Å²) >= 11 is 0. The van der Waals surface area contributed by atoms with E-state index in [1.54, 1.807) is 6.92 Å². The van der Waals surface area contributed by atoms with Crippen LogP contribution in [0, 0.1) is 0 Å². The van der Waals surface area contributed by atoms with Crippen molar-refractivity contribution >= 4 is 11.7 Å². The minimum Gasteiger partial charge on any atom is -0.409 e. The van der Waals surface area contributed by atoms with Crippen LogP contribution in [0.25, 0.3) is 0 Å². The number of nitrogens with two attached hydrogens (primary N) is 1. The smallest absolute Gasteiger partial charge is 0.252 e. The molecule has 0 spiro atoms. The predicted molar refractivity (Wildman–Crippen MR) is 70.6 cm³/mol. The third-order valence-electron chi connectivity index (χ3n) is 3.76. The Hall–Kier alpha value is -1.30. The second kappa shape index (κ2) is 6.58. The quantitative estimate of drug-likeness (QED) is 0.277. The molecule has 106 valence electrons. The molecule has 0 fully saturated rings. The molecule has 18 heavy (non-hydrogen) atoms. The Morgan fingerprint density at radius 2 is 1.83 bits per heavy atom. The Kier molecular flexibility index (Phi) is 6.11. The second-order valence-electron chi connectivity index (χ2n) is 4.52. The van der Waals surface area contributed by atoms with E-state index in [9.17, 15) is 4.79 Å². The second-order valence-corrected chi connectivity index (χ2v) is 4.52. The molecule has 0 aliphatic carbocycles. The average Bonchev–Trinajstić information content (AvgIpc) is 2.42. The highest BCUT2D eigenvalue weighted by molar-refractivity contribution is 5.95. The lowest BCUT2D eigenvalue weighted by atomic mass is 9.89. The van der Waals surface area contributed by atoms with Crippen molar-refractivity contribution in [2.24, 2.45) is 10.9 Å². The van der Waals surface area contributed by atoms with Crippen molar-refractivity contribution in [3.63, 3.8) is 0 Å². The van der Waals surface area contributed by atoms with E-state index >= 15 is 0 Å². The number of ether oxygens (including phenoxy) is 1. The summed E-state index contributed by atoms with van der Waals surface area (Å²) in [4.78, 5) is 12.3. The van der Waals surface area contributed by atoms with Gasteiger partial charge < -0.3 is 21.0 Å². The molecule has 0 aliphatic rings. The highest BCUT2D eigenvalue weighted by atomic mass is 16.5. The van der Waals surface area contributed by atoms with Gasteiger partial charge in [-0.05, 0) is 26.2 Å². The summed E-state index contributed by atoms with van der Waals surface area (Å²) in [5.74, 6) is -0.252. The largest absolute Gasteiger partial charge is 0.409 e. The lowest BCUT2D eigenvalue weighted by molar-refractivity contribution is -0.143. The molecule has 6 nitrogen and oxygen atoms in total. The zero-order chi connectivity index (χ0) is 14.4. The van der Waals surface area contributed by atoms with Crippen LogP contribution in [0.5, 0.6) is 0 Å². The standard InChI is InChI=1S/C12H25N3O3/c1-6-11(4,18-5)10(16)14-12(7-2,8-3)9(13)15-17/h17H,6-8H2,1-5H3,(H2,13,15)(H,14,16). The predicted octanol–water partition coefficient (Wildman–Crippen LogP) is 1.22. The minimum absolute atomic E-state index is 0.00964. The van der Waals surface area contributed by atoms with Crippen molar-refractivity contribution in [1.29, 1.82) is 0 Å². The molecule has 0 radical (unpaired) electrons. The Morgan fingerprint density at radius 3 is 2.11 bits per heavy atom. The van der Waals surface area contributed by atoms with Gasteiger partial charge >= 0.3 is 0 Å². The molecule has 0 saturated carbocycles. The van der Waals surface area contributed by atoms with E-state index in [-0.39, 0.29) is 11.7 Å². The molecule has 4 N–H and O–H groups in total. The monoisotopic (exact) mass is 259 g/mol. The summed E-state index contributed by atoms with van der Waals surface area (Å²) in [5.41, 5.74) is 3.95. The first-order chi connectivity index (χ1) is 8.35. The molecule has 0 aromatic carbocycles. The first-order valence-electron chi connectivity index (χ1n) is 6.21. The van der Waals surface area contributed by atoms with Crippen LogP contribution >= 0.6 is 0 Å². The molecular formula is C12H25N3O3. The summed E-state index contributed by atoms with van der Waals surface area (Å²) in [6, 6.07) is 0. The molecule has 1 atom stereocenters. The van der Waals surface area contributed by atoms with E-state index in [1.165, 1.54) is 7.11 Å². The van der Waals surface area contributed by atoms with Crippen molar-refractivity contribution in [2.45, 2.75) is 58.1 Å². The molecule has 0 aromatic rings. The lowest BCUT2D eigenvalue weighted by Gasteiger charge is -2.35. The topological polar surface area (TPSA) is 96.9 Å². The van der Waals surface area contributed by atoms with Crippen molar-refractivity contribution in [1.82, 2.24) is 5.32 Å². The molecule has 6 heteroatoms. The van der Waals surface area contributed by atoms with Crippen LogP contribution in [0.2, 0.25) is 0 Å². The number of carbonyl (C=O) groups is 1. The van der Waals surface area contributed by atoms with Crippen LogP contribution in [-0.4, -0.2) is 35.2 Å². The molecule has 0 heterocycles. The first kappa shape index (κ1) is 16.7. The third-order valence-corrected chi connectivity index (χ3v) is 3.76. The number of carbonyl (C=O) groups excluding carboxylic acids is 1. The molecule has 0 saturated heterocycles. The molecule has 1 amide bonds. The van der Waals surface area contributed by atoms with Crippen molar-refractivity contribution in [2.75, 3.05) is 7.11 Å². The van der Waals surface area contributed by atoms with Gasteiger partial charge in [-0.1, -0.05) is 25.9 Å². The number of hydrogen-bond donors (Lipinski definition) is 3. The molecular weight excluding hydrogens is 234 g/mol. The fraction of sp³-hybridized carbons (Fsp3) is 0.833. The van der Waals surface area contributed by atoms with E-state index in [2.05, 4.69) is 10.5 Å². The van der Waals surface area contributed by atoms with Gasteiger partial charge in [-0.2, -0.15) is 0 Å². The van der Waals surface area contributed by atoms with Crippen LogP contribution in [-0.2, 0) is 9.53 Å². The maximum Gasteiger partial charge on any atom is 0.252 e. The zero-order valence-corrected chi connectivity index (χ0v) is 11.9. The molecule has 0 aliphatic heterocycles. The number of rotatable bonds is 7. The number of hydrogen-bond acceptors (Lipinski definition) is 4. The highest BCUT2D eigenvalue weighted by Gasteiger charge is 2.39. The Morgan fingerprint density at radius 1 is 1.33 bits per heavy atom. The normalized spacial score (nSPS) is 16.2. The fourth-order valence-corrected chi connectivity index (χ4v) is 1.70. The van der Waals surface area contributed by atoms with E-state index in [1.807, 2.05) is 20.8 Å². The number of oxime groups is 1. The number of amides is 1. The summed E-state index contributed by atoms with van der Waals surface area (Å²) in [7, 11) is 1.49. The summed E-state index contributed by atoms with van der Waals surface area (Å²) < 4.78 is 5.24. The summed E-state index contributed by atoms with van der Waals surface area (Å²) in [5, 5.41) is 14.7. The average molecular weight is 259 g/mol. The molecule has 1 unspecified atom stereocenters. The lowest BCUT2D eigenvalue weighted by Crippen LogP contribution is -2.61. The van der Waals surface area contributed by atoms with E-state index in [0.717, 1.165) is 0 Å². The van der Waals surface area contributed by atoms with Crippen LogP contribution in [0.3, 0.4) is 0 Å². The van der Waals surface area contributed by atoms with Crippen molar-refractivity contribution < 1.29 is 14.7 Å². The molecule has 0 aromatic heterocycles. The zero-order valence-electron chi connectivity index (χ0n) is 11.9. The van der Waals surface area contributed by atoms with Gasteiger partial charge in [0.15, 0.2) is 5.84 Å². The van der Waals surface area contributed by atoms with Gasteiger partial charge in [0.1, 0.15) is 11.1 Å². The highest BCUT2D eigenvalue weighted by Crippen LogP contribution is 2.20. The number of methoxy groups -OCH3 is 1. The van der Waals surface area contributed by atoms with Gasteiger partial charge in [-0.15, -0.1) is 0 Å². The van der Waals surface area contributed by atoms with Gasteiger partial charge in [0.25, 0.3) is 5.91 Å². The van der Waals surface area contributed by atoms with E-state index in [4.69, 9.17) is 15.7 Å². The Labute approximate surface area is 109 Å². The SMILES string of the molecule is CCC(CC)(NC(=O)C(C)(CC)OC)C(N)=NO. The van der Waals surface area contributed by atoms with Crippen LogP contribution in [0.1, 0.15) is 47.0 Å². The summed E-state index contributed by atoms with van der Waals surface area (Å²) in [6.45, 7) is 7.33. The van der Waals surface area contributed by atoms with E-state index in [0.29, 0.717) is 19.3 Å². The van der Waals surface area contributed by atoms with Gasteiger partial charge in [-0.3, -0.25) is 4.79 Å². The maximum atomic E-state index is 12.3. The Balaban J connectivity index is 5.19. The summed E-state index contributed by atoms with van der Waals surface area (Å²) in [6.07, 6.45) is 1.61. The van der Waals surface area contributed by atoms with Crippen LogP contribution < -0.4 is 11.1 Å². The first-order valence-corrected chi connectivity index (χ1v) is 6.21. The van der Waals surface area contributed by atoms with Gasteiger partial charge in [0.2, 0.25) is 0 Å². The van der Waals surface area contributed by atoms with Gasteiger partial charge in [-0.25, -0.2) is 0 Å². The fourth-order valence-electron chi connectivity index (χ4n) is 1.70.